The van der Waals surface area contributed by atoms with Gasteiger partial charge in [-0.3, -0.25) is 8.80 Å². The summed E-state index contributed by atoms with van der Waals surface area (Å²) >= 11 is 0. The number of rotatable bonds is 7. The summed E-state index contributed by atoms with van der Waals surface area (Å²) < 4.78 is 4.77. The van der Waals surface area contributed by atoms with Crippen molar-refractivity contribution in [3.63, 3.8) is 0 Å². The van der Waals surface area contributed by atoms with Gasteiger partial charge in [0.05, 0.1) is 34.2 Å². The van der Waals surface area contributed by atoms with Crippen LogP contribution < -0.4 is 0 Å². The average molecular weight is 1000 g/mol. The quantitative estimate of drug-likeness (QED) is 0.160. The molecule has 6 nitrogen and oxygen atoms in total. The lowest BCUT2D eigenvalue weighted by molar-refractivity contribution is 0.858. The van der Waals surface area contributed by atoms with E-state index in [-0.39, 0.29) is 0 Å². The Bertz CT molecular complexity index is 4440. The van der Waals surface area contributed by atoms with Gasteiger partial charge in [0, 0.05) is 33.4 Å². The third-order valence-corrected chi connectivity index (χ3v) is 16.8. The first kappa shape index (κ1) is 44.7. The van der Waals surface area contributed by atoms with Crippen LogP contribution >= 0.6 is 0 Å². The maximum absolute atomic E-state index is 5.64. The molecule has 4 heterocycles. The van der Waals surface area contributed by atoms with Gasteiger partial charge < -0.3 is 0 Å². The van der Waals surface area contributed by atoms with Gasteiger partial charge in [-0.2, -0.15) is 0 Å². The van der Waals surface area contributed by atoms with E-state index in [0.29, 0.717) is 0 Å². The zero-order valence-corrected chi connectivity index (χ0v) is 43.1. The molecule has 0 spiro atoms. The van der Waals surface area contributed by atoms with Gasteiger partial charge in [0.2, 0.25) is 0 Å². The van der Waals surface area contributed by atoms with Crippen molar-refractivity contribution in [1.29, 1.82) is 0 Å². The molecule has 0 amide bonds. The molecule has 78 heavy (non-hydrogen) atoms. The molecule has 0 saturated heterocycles. The minimum Gasteiger partial charge on any atom is -0.275 e. The second-order valence-corrected chi connectivity index (χ2v) is 21.4. The predicted octanol–water partition coefficient (Wildman–Crippen LogP) is 17.9. The molecule has 16 rings (SSSR count). The molecule has 12 aromatic rings. The lowest BCUT2D eigenvalue weighted by Crippen LogP contribution is -2.12. The van der Waals surface area contributed by atoms with Gasteiger partial charge in [0.15, 0.2) is 0 Å². The summed E-state index contributed by atoms with van der Waals surface area (Å²) in [6.07, 6.45) is 25.8. The maximum Gasteiger partial charge on any atom is 0.148 e. The van der Waals surface area contributed by atoms with Crippen LogP contribution in [-0.4, -0.2) is 28.7 Å². The molecule has 0 N–H and O–H groups in total. The van der Waals surface area contributed by atoms with Crippen LogP contribution in [0.3, 0.4) is 0 Å². The van der Waals surface area contributed by atoms with Gasteiger partial charge in [-0.25, -0.2) is 19.9 Å². The molecule has 0 aliphatic heterocycles. The van der Waals surface area contributed by atoms with Crippen molar-refractivity contribution < 1.29 is 0 Å². The summed E-state index contributed by atoms with van der Waals surface area (Å²) in [5, 5.41) is 9.68. The highest BCUT2D eigenvalue weighted by Crippen LogP contribution is 2.44. The number of aromatic nitrogens is 6. The van der Waals surface area contributed by atoms with Crippen LogP contribution in [0.25, 0.3) is 123 Å². The molecule has 0 atom stereocenters. The normalized spacial score (nSPS) is 15.2. The largest absolute Gasteiger partial charge is 0.275 e. The highest BCUT2D eigenvalue weighted by molar-refractivity contribution is 5.97. The van der Waals surface area contributed by atoms with Crippen LogP contribution in [0.4, 0.5) is 0 Å². The Morgan fingerprint density at radius 3 is 1.01 bits per heavy atom. The van der Waals surface area contributed by atoms with E-state index in [1.807, 2.05) is 0 Å². The predicted molar refractivity (Wildman–Crippen MR) is 323 cm³/mol. The van der Waals surface area contributed by atoms with E-state index >= 15 is 0 Å². The van der Waals surface area contributed by atoms with Crippen molar-refractivity contribution in [2.24, 2.45) is 0 Å². The lowest BCUT2D eigenvalue weighted by atomic mass is 9.86. The highest BCUT2D eigenvalue weighted by atomic mass is 15.1. The Balaban J connectivity index is 0.830. The van der Waals surface area contributed by atoms with Crippen LogP contribution in [0.2, 0.25) is 0 Å². The Morgan fingerprint density at radius 1 is 0.308 bits per heavy atom. The Morgan fingerprint density at radius 2 is 0.641 bits per heavy atom. The van der Waals surface area contributed by atoms with Crippen molar-refractivity contribution >= 4 is 77.7 Å². The number of aryl methyl sites for hydroxylation is 2. The van der Waals surface area contributed by atoms with Crippen molar-refractivity contribution in [3.8, 4) is 45.0 Å². The number of hydrogen-bond acceptors (Lipinski definition) is 4. The van der Waals surface area contributed by atoms with Crippen molar-refractivity contribution in [2.75, 3.05) is 0 Å². The molecule has 4 aromatic heterocycles. The minimum absolute atomic E-state index is 0.874. The fourth-order valence-corrected chi connectivity index (χ4v) is 12.8. The molecule has 0 fully saturated rings. The lowest BCUT2D eigenvalue weighted by Gasteiger charge is -2.23. The van der Waals surface area contributed by atoms with Crippen LogP contribution in [0.1, 0.15) is 72.7 Å². The Hall–Kier alpha value is -9.52. The first-order valence-corrected chi connectivity index (χ1v) is 27.6. The summed E-state index contributed by atoms with van der Waals surface area (Å²) in [7, 11) is 0. The molecule has 4 aliphatic rings. The molecule has 8 aromatic carbocycles. The van der Waals surface area contributed by atoms with E-state index < -0.39 is 0 Å². The van der Waals surface area contributed by atoms with Crippen LogP contribution in [-0.2, 0) is 12.8 Å². The van der Waals surface area contributed by atoms with Crippen molar-refractivity contribution in [2.45, 2.75) is 51.4 Å². The number of benzene rings is 8. The summed E-state index contributed by atoms with van der Waals surface area (Å²) in [4.78, 5) is 22.5. The van der Waals surface area contributed by atoms with E-state index in [1.54, 1.807) is 0 Å². The number of imidazole rings is 2. The maximum atomic E-state index is 5.64. The fraction of sp³-hybridized carbons (Fsp3) is 0.111. The van der Waals surface area contributed by atoms with E-state index in [1.165, 1.54) is 65.4 Å². The van der Waals surface area contributed by atoms with Gasteiger partial charge in [-0.15, -0.1) is 0 Å². The van der Waals surface area contributed by atoms with Gasteiger partial charge in [0.1, 0.15) is 22.9 Å². The van der Waals surface area contributed by atoms with E-state index in [0.717, 1.165) is 142 Å². The van der Waals surface area contributed by atoms with E-state index in [4.69, 9.17) is 19.9 Å². The molecule has 370 valence electrons. The third-order valence-electron chi connectivity index (χ3n) is 16.8. The number of fused-ring (bicyclic) bond motifs is 10. The van der Waals surface area contributed by atoms with Crippen LogP contribution in [0.5, 0.6) is 0 Å². The average Bonchev–Trinajstić information content (AvgIpc) is 4.28. The molecule has 0 saturated carbocycles. The molecular weight excluding hydrogens is 949 g/mol. The van der Waals surface area contributed by atoms with E-state index in [9.17, 15) is 0 Å². The second-order valence-electron chi connectivity index (χ2n) is 21.4. The first-order chi connectivity index (χ1) is 38.6. The summed E-state index contributed by atoms with van der Waals surface area (Å²) in [6.45, 7) is 0. The Labute approximate surface area is 452 Å². The fourth-order valence-electron chi connectivity index (χ4n) is 12.8. The summed E-state index contributed by atoms with van der Waals surface area (Å²) in [5.41, 5.74) is 20.2. The molecule has 4 aliphatic carbocycles. The van der Waals surface area contributed by atoms with E-state index in [2.05, 4.69) is 227 Å². The summed E-state index contributed by atoms with van der Waals surface area (Å²) in [6, 6.07) is 61.7. The molecule has 0 radical (unpaired) electrons. The first-order valence-electron chi connectivity index (χ1n) is 27.6. The number of hydrogen-bond donors (Lipinski definition) is 0. The Kier molecular flexibility index (Phi) is 10.4. The van der Waals surface area contributed by atoms with Gasteiger partial charge in [-0.1, -0.05) is 194 Å². The van der Waals surface area contributed by atoms with Crippen molar-refractivity contribution in [1.82, 2.24) is 28.7 Å². The topological polar surface area (TPSA) is 60.4 Å². The molecule has 0 bridgehead atoms. The SMILES string of the molecule is C1=Cc2c(nc(C3=CC=C(C4=CC=C(c5nc6c(c7nc(-c8ccc9ccccc9c8)c(-c8ccc9ccccc9c8)n57)C=CCC6)CC4)CC3)n3c(-c4ccc5ccccc5c4)c(-c4ccc5ccccc5c4)nc23)CC1. The zero-order chi connectivity index (χ0) is 51.3. The highest BCUT2D eigenvalue weighted by Gasteiger charge is 2.29. The second kappa shape index (κ2) is 18.1. The molecule has 6 heteroatoms. The van der Waals surface area contributed by atoms with Gasteiger partial charge in [-0.05, 0) is 141 Å². The zero-order valence-electron chi connectivity index (χ0n) is 43.1. The van der Waals surface area contributed by atoms with Gasteiger partial charge in [0.25, 0.3) is 0 Å². The van der Waals surface area contributed by atoms with Crippen molar-refractivity contribution in [3.05, 3.63) is 252 Å². The monoisotopic (exact) mass is 1000 g/mol. The number of allylic oxidation sites excluding steroid dienone is 10. The standard InChI is InChI=1S/C72H52N6/c1-5-17-53-41-57(37-29-45(53)13-1)65-67(59-39-31-47-15-3-7-19-55(47)43-59)77-69(73-63-23-11-9-21-61(63)71(77)75-65)51-33-25-49(26-34-51)50-27-35-52(36-28-50)70-74-64-24-12-10-22-62(64)72-76-66(58-38-30-46-14-2-6-18-54(46)42-58)68(78(70)72)60-40-32-48-16-4-8-20-56(48)44-60/h1-10,13-22,25,27,29-33,35,37-44H,11-12,23-24,26,28,34,36H2. The van der Waals surface area contributed by atoms with Crippen LogP contribution in [0.15, 0.2) is 217 Å². The van der Waals surface area contributed by atoms with Crippen LogP contribution in [0, 0.1) is 0 Å². The third kappa shape index (κ3) is 7.38. The minimum atomic E-state index is 0.874. The number of nitrogens with zero attached hydrogens (tertiary/aromatic N) is 6. The molecule has 0 unspecified atom stereocenters. The smallest absolute Gasteiger partial charge is 0.148 e. The summed E-state index contributed by atoms with van der Waals surface area (Å²) in [5.74, 6) is 1.97. The van der Waals surface area contributed by atoms with Gasteiger partial charge >= 0.3 is 0 Å². The molecular formula is C72H52N6.